The zero-order valence-corrected chi connectivity index (χ0v) is 13.9. The quantitative estimate of drug-likeness (QED) is 0.742. The molecule has 0 fully saturated rings. The average Bonchev–Trinajstić information content (AvgIpc) is 2.53. The van der Waals surface area contributed by atoms with Gasteiger partial charge in [-0.2, -0.15) is 0 Å². The molecule has 0 atom stereocenters. The summed E-state index contributed by atoms with van der Waals surface area (Å²) in [5.74, 6) is 0.167. The molecule has 0 saturated heterocycles. The normalized spacial score (nSPS) is 13.0. The molecule has 0 unspecified atom stereocenters. The number of hydrogen-bond acceptors (Lipinski definition) is 3. The number of benzene rings is 2. The Bertz CT molecular complexity index is 753. The van der Waals surface area contributed by atoms with E-state index < -0.39 is 0 Å². The zero-order valence-electron chi connectivity index (χ0n) is 11.5. The van der Waals surface area contributed by atoms with Crippen molar-refractivity contribution in [2.24, 2.45) is 0 Å². The first kappa shape index (κ1) is 15.3. The Morgan fingerprint density at radius 2 is 1.86 bits per heavy atom. The van der Waals surface area contributed by atoms with E-state index in [9.17, 15) is 4.79 Å². The molecule has 6 heteroatoms. The number of fused-ring (bicyclic) bond motifs is 1. The highest BCUT2D eigenvalue weighted by Crippen LogP contribution is 2.38. The van der Waals surface area contributed by atoms with Crippen molar-refractivity contribution in [2.45, 2.75) is 4.90 Å². The van der Waals surface area contributed by atoms with E-state index >= 15 is 0 Å². The van der Waals surface area contributed by atoms with Crippen LogP contribution in [0.25, 0.3) is 0 Å². The van der Waals surface area contributed by atoms with Crippen molar-refractivity contribution in [1.82, 2.24) is 0 Å². The lowest BCUT2D eigenvalue weighted by Gasteiger charge is -2.24. The molecule has 1 amide bonds. The minimum atomic E-state index is -0.199. The number of nitrogens with zero attached hydrogens (tertiary/aromatic N) is 1. The van der Waals surface area contributed by atoms with Crippen molar-refractivity contribution in [1.29, 1.82) is 0 Å². The van der Waals surface area contributed by atoms with Crippen molar-refractivity contribution >= 4 is 46.6 Å². The monoisotopic (exact) mass is 351 g/mol. The second kappa shape index (κ2) is 6.24. The van der Waals surface area contributed by atoms with Crippen LogP contribution in [0.4, 0.5) is 5.69 Å². The highest BCUT2D eigenvalue weighted by atomic mass is 35.5. The van der Waals surface area contributed by atoms with Crippen LogP contribution in [0, 0.1) is 0 Å². The summed E-state index contributed by atoms with van der Waals surface area (Å²) in [4.78, 5) is 15.4. The maximum Gasteiger partial charge on any atom is 0.262 e. The molecule has 0 aliphatic carbocycles. The zero-order chi connectivity index (χ0) is 15.7. The standard InChI is InChI=1S/C16H11Cl2NO2S/c1-21-15-11(17)8-10(9-12(15)18)16(20)19-6-7-22-14-5-3-2-4-13(14)19/h2-9H,1H3. The summed E-state index contributed by atoms with van der Waals surface area (Å²) in [6.45, 7) is 0. The summed E-state index contributed by atoms with van der Waals surface area (Å²) in [6, 6.07) is 10.8. The van der Waals surface area contributed by atoms with Gasteiger partial charge < -0.3 is 4.74 Å². The Kier molecular flexibility index (Phi) is 4.34. The molecule has 0 N–H and O–H groups in total. The molecule has 0 bridgehead atoms. The molecule has 3 rings (SSSR count). The Labute approximate surface area is 142 Å². The summed E-state index contributed by atoms with van der Waals surface area (Å²) < 4.78 is 5.11. The van der Waals surface area contributed by atoms with Crippen LogP contribution in [-0.4, -0.2) is 13.0 Å². The second-order valence-corrected chi connectivity index (χ2v) is 6.28. The fourth-order valence-electron chi connectivity index (χ4n) is 2.20. The van der Waals surface area contributed by atoms with E-state index in [0.717, 1.165) is 10.6 Å². The first-order valence-electron chi connectivity index (χ1n) is 6.41. The number of methoxy groups -OCH3 is 1. The van der Waals surface area contributed by atoms with Crippen molar-refractivity contribution in [3.63, 3.8) is 0 Å². The van der Waals surface area contributed by atoms with Crippen LogP contribution in [0.5, 0.6) is 5.75 Å². The molecule has 1 aliphatic rings. The summed E-state index contributed by atoms with van der Waals surface area (Å²) in [5.41, 5.74) is 1.24. The summed E-state index contributed by atoms with van der Waals surface area (Å²) in [7, 11) is 1.48. The number of halogens is 2. The minimum Gasteiger partial charge on any atom is -0.494 e. The van der Waals surface area contributed by atoms with Gasteiger partial charge in [-0.15, -0.1) is 0 Å². The van der Waals surface area contributed by atoms with Gasteiger partial charge in [0.05, 0.1) is 22.8 Å². The first-order chi connectivity index (χ1) is 10.6. The van der Waals surface area contributed by atoms with Crippen LogP contribution >= 0.6 is 35.0 Å². The SMILES string of the molecule is COc1c(Cl)cc(C(=O)N2C=CSc3ccccc32)cc1Cl. The molecule has 1 heterocycles. The maximum absolute atomic E-state index is 12.8. The molecular weight excluding hydrogens is 341 g/mol. The lowest BCUT2D eigenvalue weighted by Crippen LogP contribution is -2.26. The van der Waals surface area contributed by atoms with E-state index in [-0.39, 0.29) is 5.91 Å². The molecule has 3 nitrogen and oxygen atoms in total. The molecule has 0 saturated carbocycles. The van der Waals surface area contributed by atoms with Crippen LogP contribution in [-0.2, 0) is 0 Å². The van der Waals surface area contributed by atoms with Crippen molar-refractivity contribution in [3.8, 4) is 5.75 Å². The molecule has 1 aliphatic heterocycles. The lowest BCUT2D eigenvalue weighted by molar-refractivity contribution is 0.0997. The van der Waals surface area contributed by atoms with Crippen LogP contribution < -0.4 is 9.64 Å². The third-order valence-electron chi connectivity index (χ3n) is 3.20. The largest absolute Gasteiger partial charge is 0.494 e. The summed E-state index contributed by atoms with van der Waals surface area (Å²) >= 11 is 13.8. The predicted molar refractivity (Wildman–Crippen MR) is 91.3 cm³/mol. The van der Waals surface area contributed by atoms with E-state index in [0.29, 0.717) is 21.4 Å². The fourth-order valence-corrected chi connectivity index (χ4v) is 3.61. The smallest absolute Gasteiger partial charge is 0.262 e. The number of rotatable bonds is 2. The molecule has 22 heavy (non-hydrogen) atoms. The minimum absolute atomic E-state index is 0.199. The Morgan fingerprint density at radius 3 is 2.55 bits per heavy atom. The van der Waals surface area contributed by atoms with Gasteiger partial charge in [0, 0.05) is 16.7 Å². The van der Waals surface area contributed by atoms with Gasteiger partial charge in [-0.1, -0.05) is 47.1 Å². The molecule has 2 aromatic rings. The highest BCUT2D eigenvalue weighted by molar-refractivity contribution is 8.02. The molecule has 0 spiro atoms. The number of ether oxygens (including phenoxy) is 1. The van der Waals surface area contributed by atoms with Gasteiger partial charge in [0.15, 0.2) is 5.75 Å². The first-order valence-corrected chi connectivity index (χ1v) is 8.04. The van der Waals surface area contributed by atoms with E-state index in [1.165, 1.54) is 7.11 Å². The third-order valence-corrected chi connectivity index (χ3v) is 4.62. The van der Waals surface area contributed by atoms with Gasteiger partial charge in [0.1, 0.15) is 0 Å². The number of thioether (sulfide) groups is 1. The number of carbonyl (C=O) groups excluding carboxylic acids is 1. The van der Waals surface area contributed by atoms with E-state index in [4.69, 9.17) is 27.9 Å². The lowest BCUT2D eigenvalue weighted by atomic mass is 10.1. The molecular formula is C16H11Cl2NO2S. The van der Waals surface area contributed by atoms with Gasteiger partial charge >= 0.3 is 0 Å². The molecule has 0 aromatic heterocycles. The van der Waals surface area contributed by atoms with Crippen LogP contribution in [0.3, 0.4) is 0 Å². The van der Waals surface area contributed by atoms with Crippen molar-refractivity contribution < 1.29 is 9.53 Å². The number of anilines is 1. The highest BCUT2D eigenvalue weighted by Gasteiger charge is 2.22. The third kappa shape index (κ3) is 2.70. The number of amides is 1. The van der Waals surface area contributed by atoms with E-state index in [1.807, 2.05) is 29.7 Å². The van der Waals surface area contributed by atoms with Crippen LogP contribution in [0.2, 0.25) is 10.0 Å². The molecule has 0 radical (unpaired) electrons. The van der Waals surface area contributed by atoms with Gasteiger partial charge in [0.2, 0.25) is 0 Å². The Morgan fingerprint density at radius 1 is 1.18 bits per heavy atom. The average molecular weight is 352 g/mol. The maximum atomic E-state index is 12.8. The Balaban J connectivity index is 2.01. The van der Waals surface area contributed by atoms with Crippen LogP contribution in [0.15, 0.2) is 52.9 Å². The summed E-state index contributed by atoms with van der Waals surface area (Å²) in [5, 5.41) is 2.48. The van der Waals surface area contributed by atoms with E-state index in [1.54, 1.807) is 35.0 Å². The second-order valence-electron chi connectivity index (χ2n) is 4.52. The number of para-hydroxylation sites is 1. The fraction of sp³-hybridized carbons (Fsp3) is 0.0625. The topological polar surface area (TPSA) is 29.5 Å². The van der Waals surface area contributed by atoms with Crippen molar-refractivity contribution in [2.75, 3.05) is 12.0 Å². The van der Waals surface area contributed by atoms with Crippen molar-refractivity contribution in [3.05, 3.63) is 63.6 Å². The number of carbonyl (C=O) groups is 1. The molecule has 112 valence electrons. The Hall–Kier alpha value is -1.62. The molecule has 2 aromatic carbocycles. The van der Waals surface area contributed by atoms with Crippen LogP contribution in [0.1, 0.15) is 10.4 Å². The van der Waals surface area contributed by atoms with Gasteiger partial charge in [-0.25, -0.2) is 0 Å². The van der Waals surface area contributed by atoms with Gasteiger partial charge in [-0.05, 0) is 29.7 Å². The predicted octanol–water partition coefficient (Wildman–Crippen LogP) is 5.23. The van der Waals surface area contributed by atoms with Gasteiger partial charge in [-0.3, -0.25) is 9.69 Å². The van der Waals surface area contributed by atoms with Gasteiger partial charge in [0.25, 0.3) is 5.91 Å². The number of hydrogen-bond donors (Lipinski definition) is 0. The van der Waals surface area contributed by atoms with E-state index in [2.05, 4.69) is 0 Å². The summed E-state index contributed by atoms with van der Waals surface area (Å²) in [6.07, 6.45) is 1.74.